The molecule has 1 aromatic heterocycles. The van der Waals surface area contributed by atoms with Crippen LogP contribution in [0.1, 0.15) is 71.8 Å². The van der Waals surface area contributed by atoms with Gasteiger partial charge in [0, 0.05) is 23.7 Å². The number of amides is 1. The molecule has 1 amide bonds. The standard InChI is InChI=1S/C34H42N2O4/c1-5-6-7-11-22-36-30-24-28(35-31(37)20-17-27-15-9-8-10-16-27)18-19-29(30)33(32(38)34(36)39)40-23-21-26(4)14-12-13-25(2)3/h8-10,13,15-21,24,38H,5-7,11-12,14,22-23H2,1-4H3,(H,35,37)/b20-17?,26-21+. The number of nitrogens with zero attached hydrogens (tertiary/aromatic N) is 1. The van der Waals surface area contributed by atoms with Crippen molar-refractivity contribution in [1.82, 2.24) is 4.57 Å². The minimum absolute atomic E-state index is 0.167. The van der Waals surface area contributed by atoms with Gasteiger partial charge in [-0.2, -0.15) is 0 Å². The van der Waals surface area contributed by atoms with Gasteiger partial charge in [-0.3, -0.25) is 9.59 Å². The fraction of sp³-hybridized carbons (Fsp3) is 0.353. The lowest BCUT2D eigenvalue weighted by Gasteiger charge is -2.17. The summed E-state index contributed by atoms with van der Waals surface area (Å²) in [4.78, 5) is 25.9. The highest BCUT2D eigenvalue weighted by Crippen LogP contribution is 2.34. The number of aromatic hydroxyl groups is 1. The number of aryl methyl sites for hydroxylation is 1. The molecule has 6 nitrogen and oxygen atoms in total. The molecule has 0 aliphatic carbocycles. The number of hydrogen-bond donors (Lipinski definition) is 2. The molecule has 0 saturated carbocycles. The van der Waals surface area contributed by atoms with Gasteiger partial charge in [-0.25, -0.2) is 0 Å². The van der Waals surface area contributed by atoms with Gasteiger partial charge in [-0.15, -0.1) is 0 Å². The third-order valence-corrected chi connectivity index (χ3v) is 6.68. The van der Waals surface area contributed by atoms with Crippen molar-refractivity contribution in [3.8, 4) is 11.5 Å². The first-order valence-electron chi connectivity index (χ1n) is 14.2. The topological polar surface area (TPSA) is 80.6 Å². The van der Waals surface area contributed by atoms with Crippen LogP contribution >= 0.6 is 0 Å². The number of unbranched alkanes of at least 4 members (excludes halogenated alkanes) is 3. The van der Waals surface area contributed by atoms with Crippen LogP contribution < -0.4 is 15.6 Å². The molecular weight excluding hydrogens is 500 g/mol. The van der Waals surface area contributed by atoms with Crippen molar-refractivity contribution in [2.75, 3.05) is 11.9 Å². The Morgan fingerprint density at radius 3 is 2.52 bits per heavy atom. The molecule has 40 heavy (non-hydrogen) atoms. The molecule has 0 unspecified atom stereocenters. The number of rotatable bonds is 14. The summed E-state index contributed by atoms with van der Waals surface area (Å²) in [7, 11) is 0. The van der Waals surface area contributed by atoms with E-state index in [0.29, 0.717) is 23.1 Å². The van der Waals surface area contributed by atoms with Crippen LogP contribution in [0.4, 0.5) is 5.69 Å². The number of allylic oxidation sites excluding steroid dienone is 3. The van der Waals surface area contributed by atoms with Crippen molar-refractivity contribution in [1.29, 1.82) is 0 Å². The van der Waals surface area contributed by atoms with Gasteiger partial charge in [0.15, 0.2) is 5.75 Å². The van der Waals surface area contributed by atoms with E-state index in [9.17, 15) is 14.7 Å². The van der Waals surface area contributed by atoms with E-state index in [2.05, 4.69) is 39.1 Å². The van der Waals surface area contributed by atoms with E-state index >= 15 is 0 Å². The first-order chi connectivity index (χ1) is 19.3. The summed E-state index contributed by atoms with van der Waals surface area (Å²) < 4.78 is 7.57. The summed E-state index contributed by atoms with van der Waals surface area (Å²) in [5.41, 5.74) is 4.08. The average molecular weight is 543 g/mol. The van der Waals surface area contributed by atoms with E-state index in [1.165, 1.54) is 17.2 Å². The maximum absolute atomic E-state index is 13.3. The van der Waals surface area contributed by atoms with Gasteiger partial charge in [0.25, 0.3) is 5.56 Å². The number of carbonyl (C=O) groups is 1. The van der Waals surface area contributed by atoms with Gasteiger partial charge >= 0.3 is 0 Å². The fourth-order valence-corrected chi connectivity index (χ4v) is 4.43. The highest BCUT2D eigenvalue weighted by molar-refractivity contribution is 6.03. The normalized spacial score (nSPS) is 11.7. The Morgan fingerprint density at radius 1 is 1.02 bits per heavy atom. The third kappa shape index (κ3) is 9.01. The van der Waals surface area contributed by atoms with Gasteiger partial charge in [0.05, 0.1) is 5.52 Å². The van der Waals surface area contributed by atoms with Crippen molar-refractivity contribution in [3.63, 3.8) is 0 Å². The number of ether oxygens (including phenoxy) is 1. The first-order valence-corrected chi connectivity index (χ1v) is 14.2. The van der Waals surface area contributed by atoms with Crippen LogP contribution in [0, 0.1) is 0 Å². The van der Waals surface area contributed by atoms with Crippen LogP contribution in [0.5, 0.6) is 11.5 Å². The van der Waals surface area contributed by atoms with Crippen molar-refractivity contribution in [2.24, 2.45) is 0 Å². The Labute approximate surface area is 237 Å². The van der Waals surface area contributed by atoms with E-state index in [4.69, 9.17) is 4.74 Å². The molecule has 3 rings (SSSR count). The lowest BCUT2D eigenvalue weighted by atomic mass is 10.1. The maximum atomic E-state index is 13.3. The van der Waals surface area contributed by atoms with Crippen molar-refractivity contribution in [3.05, 3.63) is 93.8 Å². The number of benzene rings is 2. The van der Waals surface area contributed by atoms with Crippen LogP contribution in [0.3, 0.4) is 0 Å². The molecular formula is C34H42N2O4. The van der Waals surface area contributed by atoms with E-state index in [-0.39, 0.29) is 24.0 Å². The van der Waals surface area contributed by atoms with Crippen LogP contribution in [0.2, 0.25) is 0 Å². The number of aromatic nitrogens is 1. The van der Waals surface area contributed by atoms with Crippen molar-refractivity contribution < 1.29 is 14.6 Å². The molecule has 0 atom stereocenters. The lowest BCUT2D eigenvalue weighted by molar-refractivity contribution is -0.111. The number of nitrogens with one attached hydrogen (secondary N) is 1. The molecule has 0 radical (unpaired) electrons. The minimum atomic E-state index is -0.490. The van der Waals surface area contributed by atoms with E-state index in [1.54, 1.807) is 28.8 Å². The van der Waals surface area contributed by atoms with Gasteiger partial charge in [0.1, 0.15) is 6.61 Å². The molecule has 0 aliphatic rings. The number of pyridine rings is 1. The Kier molecular flexibility index (Phi) is 11.8. The predicted molar refractivity (Wildman–Crippen MR) is 166 cm³/mol. The fourth-order valence-electron chi connectivity index (χ4n) is 4.43. The Balaban J connectivity index is 1.89. The minimum Gasteiger partial charge on any atom is -0.500 e. The van der Waals surface area contributed by atoms with Gasteiger partial charge in [-0.1, -0.05) is 73.7 Å². The first kappa shape index (κ1) is 30.5. The van der Waals surface area contributed by atoms with Crippen molar-refractivity contribution in [2.45, 2.75) is 72.8 Å². The zero-order valence-corrected chi connectivity index (χ0v) is 24.2. The molecule has 0 spiro atoms. The Bertz CT molecular complexity index is 1430. The molecule has 6 heteroatoms. The number of carbonyl (C=O) groups excluding carboxylic acids is 1. The molecule has 2 aromatic carbocycles. The molecule has 0 bridgehead atoms. The molecule has 212 valence electrons. The molecule has 0 aliphatic heterocycles. The van der Waals surface area contributed by atoms with Crippen LogP contribution in [-0.2, 0) is 11.3 Å². The largest absolute Gasteiger partial charge is 0.500 e. The third-order valence-electron chi connectivity index (χ3n) is 6.68. The summed E-state index contributed by atoms with van der Waals surface area (Å²) in [6.07, 6.45) is 13.3. The molecule has 0 saturated heterocycles. The summed E-state index contributed by atoms with van der Waals surface area (Å²) >= 11 is 0. The second kappa shape index (κ2) is 15.5. The monoisotopic (exact) mass is 542 g/mol. The highest BCUT2D eigenvalue weighted by Gasteiger charge is 2.18. The predicted octanol–water partition coefficient (Wildman–Crippen LogP) is 8.01. The van der Waals surface area contributed by atoms with Crippen LogP contribution in [0.15, 0.2) is 82.7 Å². The molecule has 0 fully saturated rings. The smallest absolute Gasteiger partial charge is 0.297 e. The quantitative estimate of drug-likeness (QED) is 0.123. The van der Waals surface area contributed by atoms with E-state index in [0.717, 1.165) is 44.1 Å². The number of anilines is 1. The van der Waals surface area contributed by atoms with Crippen LogP contribution in [0.25, 0.3) is 17.0 Å². The Hall–Kier alpha value is -4.06. The van der Waals surface area contributed by atoms with E-state index < -0.39 is 5.56 Å². The Morgan fingerprint density at radius 2 is 1.80 bits per heavy atom. The van der Waals surface area contributed by atoms with Crippen LogP contribution in [-0.4, -0.2) is 22.2 Å². The number of fused-ring (bicyclic) bond motifs is 1. The zero-order chi connectivity index (χ0) is 28.9. The second-order valence-electron chi connectivity index (χ2n) is 10.3. The van der Waals surface area contributed by atoms with Gasteiger partial charge in [0.2, 0.25) is 11.7 Å². The van der Waals surface area contributed by atoms with Crippen molar-refractivity contribution >= 4 is 28.6 Å². The molecule has 2 N–H and O–H groups in total. The summed E-state index contributed by atoms with van der Waals surface area (Å²) in [6, 6.07) is 14.9. The number of hydrogen-bond acceptors (Lipinski definition) is 4. The maximum Gasteiger partial charge on any atom is 0.297 e. The molecule has 3 aromatic rings. The highest BCUT2D eigenvalue weighted by atomic mass is 16.5. The lowest BCUT2D eigenvalue weighted by Crippen LogP contribution is -2.21. The van der Waals surface area contributed by atoms with Gasteiger partial charge < -0.3 is 19.7 Å². The van der Waals surface area contributed by atoms with Gasteiger partial charge in [-0.05, 0) is 75.9 Å². The zero-order valence-electron chi connectivity index (χ0n) is 24.2. The SMILES string of the molecule is CCCCCCn1c(=O)c(O)c(OC/C=C(\C)CCC=C(C)C)c2ccc(NC(=O)C=Cc3ccccc3)cc21. The second-order valence-corrected chi connectivity index (χ2v) is 10.3. The average Bonchev–Trinajstić information content (AvgIpc) is 2.94. The summed E-state index contributed by atoms with van der Waals surface area (Å²) in [5.74, 6) is -0.495. The molecule has 1 heterocycles. The summed E-state index contributed by atoms with van der Waals surface area (Å²) in [6.45, 7) is 9.07. The van der Waals surface area contributed by atoms with E-state index in [1.807, 2.05) is 36.4 Å². The summed E-state index contributed by atoms with van der Waals surface area (Å²) in [5, 5.41) is 14.4.